The van der Waals surface area contributed by atoms with Crippen LogP contribution in [0.25, 0.3) is 0 Å². The molecule has 1 aliphatic rings. The molecule has 4 heteroatoms. The molecule has 15 heavy (non-hydrogen) atoms. The average Bonchev–Trinajstić information content (AvgIpc) is 2.27. The van der Waals surface area contributed by atoms with Crippen LogP contribution in [0.15, 0.2) is 0 Å². The molecule has 2 N–H and O–H groups in total. The maximum absolute atomic E-state index is 11.5. The minimum atomic E-state index is -0.151. The maximum Gasteiger partial charge on any atom is 0.237 e. The summed E-state index contributed by atoms with van der Waals surface area (Å²) in [5.74, 6) is 4.73. The van der Waals surface area contributed by atoms with Gasteiger partial charge < -0.3 is 10.6 Å². The Morgan fingerprint density at radius 1 is 1.73 bits per heavy atom. The second kappa shape index (κ2) is 6.76. The Hall–Kier alpha value is -0.660. The fourth-order valence-electron chi connectivity index (χ4n) is 1.59. The number of hydrogen-bond donors (Lipinski definition) is 2. The van der Waals surface area contributed by atoms with Crippen LogP contribution in [0.1, 0.15) is 19.8 Å². The lowest BCUT2D eigenvalue weighted by molar-refractivity contribution is -0.122. The standard InChI is InChI=1S/C11H18N2OS/c1-3-6-12-11(14)9(2)13-10-5-4-7-15-8-10/h1,9-10,13H,4-8H2,2H3,(H,12,14). The largest absolute Gasteiger partial charge is 0.344 e. The fraction of sp³-hybridized carbons (Fsp3) is 0.727. The summed E-state index contributed by atoms with van der Waals surface area (Å²) in [5, 5.41) is 6.00. The summed E-state index contributed by atoms with van der Waals surface area (Å²) in [5.41, 5.74) is 0. The van der Waals surface area contributed by atoms with Crippen LogP contribution in [0.2, 0.25) is 0 Å². The van der Waals surface area contributed by atoms with E-state index in [-0.39, 0.29) is 11.9 Å². The van der Waals surface area contributed by atoms with Gasteiger partial charge in [0.2, 0.25) is 5.91 Å². The first-order chi connectivity index (χ1) is 7.24. The van der Waals surface area contributed by atoms with Crippen molar-refractivity contribution in [3.8, 4) is 12.3 Å². The molecule has 0 aromatic heterocycles. The van der Waals surface area contributed by atoms with Crippen LogP contribution in [-0.4, -0.2) is 36.0 Å². The van der Waals surface area contributed by atoms with Gasteiger partial charge >= 0.3 is 0 Å². The van der Waals surface area contributed by atoms with Crippen LogP contribution in [0.4, 0.5) is 0 Å². The summed E-state index contributed by atoms with van der Waals surface area (Å²) in [4.78, 5) is 11.5. The first-order valence-electron chi connectivity index (χ1n) is 5.29. The van der Waals surface area contributed by atoms with Crippen molar-refractivity contribution in [3.05, 3.63) is 0 Å². The van der Waals surface area contributed by atoms with E-state index in [1.54, 1.807) is 0 Å². The Balaban J connectivity index is 2.24. The van der Waals surface area contributed by atoms with Gasteiger partial charge in [0.1, 0.15) is 0 Å². The molecule has 0 aliphatic carbocycles. The first-order valence-corrected chi connectivity index (χ1v) is 6.44. The summed E-state index contributed by atoms with van der Waals surface area (Å²) in [7, 11) is 0. The van der Waals surface area contributed by atoms with Crippen molar-refractivity contribution in [1.82, 2.24) is 10.6 Å². The second-order valence-electron chi connectivity index (χ2n) is 3.72. The molecule has 0 radical (unpaired) electrons. The Morgan fingerprint density at radius 2 is 2.53 bits per heavy atom. The van der Waals surface area contributed by atoms with E-state index in [0.29, 0.717) is 12.6 Å². The van der Waals surface area contributed by atoms with Gasteiger partial charge in [0, 0.05) is 11.8 Å². The zero-order chi connectivity index (χ0) is 11.1. The normalized spacial score (nSPS) is 22.8. The second-order valence-corrected chi connectivity index (χ2v) is 4.87. The molecule has 1 rings (SSSR count). The smallest absolute Gasteiger partial charge is 0.237 e. The molecule has 0 aromatic carbocycles. The molecule has 3 nitrogen and oxygen atoms in total. The Labute approximate surface area is 95.8 Å². The van der Waals surface area contributed by atoms with E-state index in [1.807, 2.05) is 18.7 Å². The van der Waals surface area contributed by atoms with Crippen LogP contribution in [0.5, 0.6) is 0 Å². The topological polar surface area (TPSA) is 41.1 Å². The highest BCUT2D eigenvalue weighted by Crippen LogP contribution is 2.17. The summed E-state index contributed by atoms with van der Waals surface area (Å²) in [6.45, 7) is 2.19. The van der Waals surface area contributed by atoms with Crippen LogP contribution >= 0.6 is 11.8 Å². The van der Waals surface area contributed by atoms with Gasteiger partial charge in [0.25, 0.3) is 0 Å². The minimum Gasteiger partial charge on any atom is -0.344 e. The molecule has 2 atom stereocenters. The monoisotopic (exact) mass is 226 g/mol. The van der Waals surface area contributed by atoms with E-state index in [9.17, 15) is 4.79 Å². The van der Waals surface area contributed by atoms with E-state index < -0.39 is 0 Å². The molecular weight excluding hydrogens is 208 g/mol. The van der Waals surface area contributed by atoms with Gasteiger partial charge in [0.05, 0.1) is 12.6 Å². The Kier molecular flexibility index (Phi) is 5.59. The predicted octanol–water partition coefficient (Wildman–Crippen LogP) is 0.609. The molecule has 1 fully saturated rings. The van der Waals surface area contributed by atoms with Gasteiger partial charge in [-0.2, -0.15) is 11.8 Å². The third-order valence-electron chi connectivity index (χ3n) is 2.40. The van der Waals surface area contributed by atoms with Crippen molar-refractivity contribution >= 4 is 17.7 Å². The highest BCUT2D eigenvalue weighted by molar-refractivity contribution is 7.99. The van der Waals surface area contributed by atoms with E-state index in [1.165, 1.54) is 18.6 Å². The van der Waals surface area contributed by atoms with Gasteiger partial charge in [-0.15, -0.1) is 6.42 Å². The lowest BCUT2D eigenvalue weighted by atomic mass is 10.1. The molecule has 0 saturated carbocycles. The van der Waals surface area contributed by atoms with Crippen LogP contribution in [0.3, 0.4) is 0 Å². The van der Waals surface area contributed by atoms with Crippen molar-refractivity contribution in [1.29, 1.82) is 0 Å². The predicted molar refractivity (Wildman–Crippen MR) is 64.8 cm³/mol. The molecule has 1 heterocycles. The zero-order valence-corrected chi connectivity index (χ0v) is 9.90. The van der Waals surface area contributed by atoms with Gasteiger partial charge in [-0.3, -0.25) is 4.79 Å². The molecule has 2 unspecified atom stereocenters. The lowest BCUT2D eigenvalue weighted by Crippen LogP contribution is -2.48. The third kappa shape index (κ3) is 4.59. The zero-order valence-electron chi connectivity index (χ0n) is 9.08. The highest BCUT2D eigenvalue weighted by atomic mass is 32.2. The highest BCUT2D eigenvalue weighted by Gasteiger charge is 2.19. The average molecular weight is 226 g/mol. The van der Waals surface area contributed by atoms with Crippen molar-refractivity contribution in [2.45, 2.75) is 31.8 Å². The molecule has 1 saturated heterocycles. The maximum atomic E-state index is 11.5. The van der Waals surface area contributed by atoms with E-state index in [4.69, 9.17) is 6.42 Å². The number of thioether (sulfide) groups is 1. The SMILES string of the molecule is C#CCNC(=O)C(C)NC1CCCSC1. The van der Waals surface area contributed by atoms with Crippen LogP contribution < -0.4 is 10.6 Å². The number of hydrogen-bond acceptors (Lipinski definition) is 3. The van der Waals surface area contributed by atoms with Crippen LogP contribution in [0, 0.1) is 12.3 Å². The summed E-state index contributed by atoms with van der Waals surface area (Å²) in [6.07, 6.45) is 7.48. The van der Waals surface area contributed by atoms with Gasteiger partial charge in [-0.05, 0) is 25.5 Å². The minimum absolute atomic E-state index is 0.0106. The molecule has 0 spiro atoms. The number of carbonyl (C=O) groups is 1. The lowest BCUT2D eigenvalue weighted by Gasteiger charge is -2.25. The van der Waals surface area contributed by atoms with E-state index >= 15 is 0 Å². The number of terminal acetylenes is 1. The van der Waals surface area contributed by atoms with Crippen molar-refractivity contribution < 1.29 is 4.79 Å². The quantitative estimate of drug-likeness (QED) is 0.690. The first kappa shape index (κ1) is 12.4. The van der Waals surface area contributed by atoms with E-state index in [2.05, 4.69) is 16.6 Å². The third-order valence-corrected chi connectivity index (χ3v) is 3.62. The summed E-state index contributed by atoms with van der Waals surface area (Å²) in [6, 6.07) is 0.317. The fourth-order valence-corrected chi connectivity index (χ4v) is 2.68. The number of carbonyl (C=O) groups excluding carboxylic acids is 1. The molecular formula is C11H18N2OS. The number of amides is 1. The molecule has 1 aliphatic heterocycles. The number of nitrogens with one attached hydrogen (secondary N) is 2. The van der Waals surface area contributed by atoms with Crippen LogP contribution in [-0.2, 0) is 4.79 Å². The molecule has 84 valence electrons. The van der Waals surface area contributed by atoms with Crippen molar-refractivity contribution in [2.24, 2.45) is 0 Å². The number of rotatable bonds is 4. The molecule has 0 bridgehead atoms. The summed E-state index contributed by atoms with van der Waals surface area (Å²) < 4.78 is 0. The van der Waals surface area contributed by atoms with Gasteiger partial charge in [-0.1, -0.05) is 5.92 Å². The van der Waals surface area contributed by atoms with Gasteiger partial charge in [-0.25, -0.2) is 0 Å². The van der Waals surface area contributed by atoms with Crippen molar-refractivity contribution in [2.75, 3.05) is 18.1 Å². The van der Waals surface area contributed by atoms with Gasteiger partial charge in [0.15, 0.2) is 0 Å². The summed E-state index contributed by atoms with van der Waals surface area (Å²) >= 11 is 1.95. The Morgan fingerprint density at radius 3 is 3.13 bits per heavy atom. The molecule has 1 amide bonds. The van der Waals surface area contributed by atoms with E-state index in [0.717, 1.165) is 5.75 Å². The molecule has 0 aromatic rings. The van der Waals surface area contributed by atoms with Crippen molar-refractivity contribution in [3.63, 3.8) is 0 Å². The Bertz CT molecular complexity index is 243.